The summed E-state index contributed by atoms with van der Waals surface area (Å²) in [5.41, 5.74) is 7.40. The zero-order valence-corrected chi connectivity index (χ0v) is 11.8. The van der Waals surface area contributed by atoms with E-state index in [0.29, 0.717) is 18.5 Å². The maximum atomic E-state index is 11.8. The summed E-state index contributed by atoms with van der Waals surface area (Å²) in [5, 5.41) is 11.4. The van der Waals surface area contributed by atoms with Gasteiger partial charge in [-0.1, -0.05) is 25.5 Å². The molecule has 0 bridgehead atoms. The average Bonchev–Trinajstić information content (AvgIpc) is 2.36. The van der Waals surface area contributed by atoms with Gasteiger partial charge in [-0.25, -0.2) is 0 Å². The van der Waals surface area contributed by atoms with Crippen molar-refractivity contribution in [1.29, 1.82) is 0 Å². The summed E-state index contributed by atoms with van der Waals surface area (Å²) < 4.78 is 0. The predicted octanol–water partition coefficient (Wildman–Crippen LogP) is 2.16. The molecule has 1 aromatic carbocycles. The van der Waals surface area contributed by atoms with Gasteiger partial charge in [0, 0.05) is 24.6 Å². The Balaban J connectivity index is 2.52. The van der Waals surface area contributed by atoms with E-state index in [1.165, 1.54) is 0 Å². The van der Waals surface area contributed by atoms with Gasteiger partial charge >= 0.3 is 5.97 Å². The van der Waals surface area contributed by atoms with Crippen LogP contribution in [0.3, 0.4) is 0 Å². The van der Waals surface area contributed by atoms with Crippen molar-refractivity contribution in [3.8, 4) is 0 Å². The van der Waals surface area contributed by atoms with E-state index in [2.05, 4.69) is 5.32 Å². The molecule has 1 atom stereocenters. The van der Waals surface area contributed by atoms with Crippen LogP contribution in [-0.4, -0.2) is 23.0 Å². The van der Waals surface area contributed by atoms with Crippen molar-refractivity contribution in [3.63, 3.8) is 0 Å². The molecule has 110 valence electrons. The van der Waals surface area contributed by atoms with Crippen molar-refractivity contribution in [1.82, 2.24) is 0 Å². The second-order valence-corrected chi connectivity index (χ2v) is 4.90. The molecule has 20 heavy (non-hydrogen) atoms. The molecular formula is C15H22N2O3. The molecule has 0 radical (unpaired) electrons. The quantitative estimate of drug-likeness (QED) is 0.679. The average molecular weight is 278 g/mol. The number of carboxylic acid groups (broad SMARTS) is 1. The van der Waals surface area contributed by atoms with Crippen molar-refractivity contribution in [3.05, 3.63) is 29.8 Å². The van der Waals surface area contributed by atoms with Crippen molar-refractivity contribution in [2.24, 2.45) is 5.73 Å². The molecule has 0 heterocycles. The fraction of sp³-hybridized carbons (Fsp3) is 0.467. The number of aliphatic carboxylic acids is 1. The highest BCUT2D eigenvalue weighted by Gasteiger charge is 2.09. The third-order valence-corrected chi connectivity index (χ3v) is 2.95. The van der Waals surface area contributed by atoms with E-state index in [1.807, 2.05) is 13.0 Å². The minimum Gasteiger partial charge on any atom is -0.481 e. The number of amides is 1. The number of anilines is 1. The number of carbonyl (C=O) groups is 2. The highest BCUT2D eigenvalue weighted by molar-refractivity contribution is 5.91. The van der Waals surface area contributed by atoms with Crippen molar-refractivity contribution < 1.29 is 14.7 Å². The standard InChI is InChI=1S/C15H22N2O3/c1-2-4-12(16)10-14(18)17-13-6-3-5-11(9-13)7-8-15(19)20/h3,5-6,9,12H,2,4,7-8,10,16H2,1H3,(H,17,18)(H,19,20). The number of aryl methyl sites for hydroxylation is 1. The Hall–Kier alpha value is -1.88. The van der Waals surface area contributed by atoms with E-state index in [1.54, 1.807) is 18.2 Å². The number of hydrogen-bond acceptors (Lipinski definition) is 3. The molecule has 0 saturated heterocycles. The molecule has 1 amide bonds. The lowest BCUT2D eigenvalue weighted by Gasteiger charge is -2.11. The lowest BCUT2D eigenvalue weighted by Crippen LogP contribution is -2.26. The molecule has 1 rings (SSSR count). The molecule has 1 aromatic rings. The predicted molar refractivity (Wildman–Crippen MR) is 78.5 cm³/mol. The summed E-state index contributed by atoms with van der Waals surface area (Å²) >= 11 is 0. The van der Waals surface area contributed by atoms with E-state index in [-0.39, 0.29) is 18.4 Å². The van der Waals surface area contributed by atoms with Gasteiger partial charge < -0.3 is 16.2 Å². The molecular weight excluding hydrogens is 256 g/mol. The fourth-order valence-corrected chi connectivity index (χ4v) is 1.98. The molecule has 0 aliphatic heterocycles. The van der Waals surface area contributed by atoms with Crippen LogP contribution in [0, 0.1) is 0 Å². The molecule has 1 unspecified atom stereocenters. The van der Waals surface area contributed by atoms with Crippen LogP contribution in [0.4, 0.5) is 5.69 Å². The Bertz CT molecular complexity index is 460. The van der Waals surface area contributed by atoms with Gasteiger partial charge in [0.05, 0.1) is 0 Å². The first kappa shape index (κ1) is 16.2. The van der Waals surface area contributed by atoms with Crippen LogP contribution >= 0.6 is 0 Å². The molecule has 5 heteroatoms. The number of nitrogens with two attached hydrogens (primary N) is 1. The highest BCUT2D eigenvalue weighted by Crippen LogP contribution is 2.13. The second kappa shape index (κ2) is 8.32. The zero-order valence-electron chi connectivity index (χ0n) is 11.8. The van der Waals surface area contributed by atoms with Crippen LogP contribution in [-0.2, 0) is 16.0 Å². The van der Waals surface area contributed by atoms with Gasteiger partial charge in [0.25, 0.3) is 0 Å². The van der Waals surface area contributed by atoms with E-state index in [0.717, 1.165) is 18.4 Å². The van der Waals surface area contributed by atoms with Gasteiger partial charge in [-0.3, -0.25) is 9.59 Å². The fourth-order valence-electron chi connectivity index (χ4n) is 1.98. The molecule has 0 fully saturated rings. The summed E-state index contributed by atoms with van der Waals surface area (Å²) in [6.07, 6.45) is 2.62. The zero-order chi connectivity index (χ0) is 15.0. The number of rotatable bonds is 8. The number of carboxylic acids is 1. The van der Waals surface area contributed by atoms with Crippen molar-refractivity contribution in [2.75, 3.05) is 5.32 Å². The Labute approximate surface area is 119 Å². The highest BCUT2D eigenvalue weighted by atomic mass is 16.4. The summed E-state index contributed by atoms with van der Waals surface area (Å²) in [7, 11) is 0. The maximum absolute atomic E-state index is 11.8. The van der Waals surface area contributed by atoms with Gasteiger partial charge in [0.2, 0.25) is 5.91 Å². The summed E-state index contributed by atoms with van der Waals surface area (Å²) in [5.74, 6) is -0.939. The molecule has 0 aromatic heterocycles. The number of benzene rings is 1. The largest absolute Gasteiger partial charge is 0.481 e. The van der Waals surface area contributed by atoms with E-state index < -0.39 is 5.97 Å². The Morgan fingerprint density at radius 3 is 2.80 bits per heavy atom. The molecule has 0 saturated carbocycles. The summed E-state index contributed by atoms with van der Waals surface area (Å²) in [6, 6.07) is 7.12. The summed E-state index contributed by atoms with van der Waals surface area (Å²) in [4.78, 5) is 22.3. The molecule has 0 spiro atoms. The van der Waals surface area contributed by atoms with E-state index >= 15 is 0 Å². The third kappa shape index (κ3) is 6.33. The van der Waals surface area contributed by atoms with Gasteiger partial charge in [0.15, 0.2) is 0 Å². The van der Waals surface area contributed by atoms with Crippen LogP contribution in [0.1, 0.15) is 38.2 Å². The van der Waals surface area contributed by atoms with Gasteiger partial charge in [-0.2, -0.15) is 0 Å². The normalized spacial score (nSPS) is 11.9. The van der Waals surface area contributed by atoms with E-state index in [4.69, 9.17) is 10.8 Å². The number of hydrogen-bond donors (Lipinski definition) is 3. The topological polar surface area (TPSA) is 92.4 Å². The minimum absolute atomic E-state index is 0.0821. The molecule has 4 N–H and O–H groups in total. The van der Waals surface area contributed by atoms with Crippen molar-refractivity contribution >= 4 is 17.6 Å². The lowest BCUT2D eigenvalue weighted by molar-refractivity contribution is -0.137. The molecule has 5 nitrogen and oxygen atoms in total. The first-order chi connectivity index (χ1) is 9.51. The van der Waals surface area contributed by atoms with Gasteiger partial charge in [-0.15, -0.1) is 0 Å². The lowest BCUT2D eigenvalue weighted by atomic mass is 10.1. The maximum Gasteiger partial charge on any atom is 0.303 e. The second-order valence-electron chi connectivity index (χ2n) is 4.90. The molecule has 0 aliphatic carbocycles. The minimum atomic E-state index is -0.829. The summed E-state index contributed by atoms with van der Waals surface area (Å²) in [6.45, 7) is 2.03. The molecule has 0 aliphatic rings. The smallest absolute Gasteiger partial charge is 0.303 e. The number of nitrogens with one attached hydrogen (secondary N) is 1. The van der Waals surface area contributed by atoms with Crippen LogP contribution in [0.25, 0.3) is 0 Å². The van der Waals surface area contributed by atoms with Crippen LogP contribution in [0.5, 0.6) is 0 Å². The number of carbonyl (C=O) groups excluding carboxylic acids is 1. The first-order valence-corrected chi connectivity index (χ1v) is 6.87. The van der Waals surface area contributed by atoms with Crippen molar-refractivity contribution in [2.45, 2.75) is 45.1 Å². The SMILES string of the molecule is CCCC(N)CC(=O)Nc1cccc(CCC(=O)O)c1. The van der Waals surface area contributed by atoms with Gasteiger partial charge in [0.1, 0.15) is 0 Å². The Morgan fingerprint density at radius 1 is 1.40 bits per heavy atom. The Morgan fingerprint density at radius 2 is 2.15 bits per heavy atom. The van der Waals surface area contributed by atoms with Gasteiger partial charge in [-0.05, 0) is 30.5 Å². The monoisotopic (exact) mass is 278 g/mol. The van der Waals surface area contributed by atoms with Crippen LogP contribution in [0.2, 0.25) is 0 Å². The van der Waals surface area contributed by atoms with Crippen LogP contribution in [0.15, 0.2) is 24.3 Å². The Kier molecular flexibility index (Phi) is 6.73. The first-order valence-electron chi connectivity index (χ1n) is 6.87. The van der Waals surface area contributed by atoms with E-state index in [9.17, 15) is 9.59 Å². The third-order valence-electron chi connectivity index (χ3n) is 2.95. The van der Waals surface area contributed by atoms with Crippen LogP contribution < -0.4 is 11.1 Å².